The molecule has 0 aliphatic carbocycles. The van der Waals surface area contributed by atoms with Crippen LogP contribution in [-0.2, 0) is 11.3 Å². The number of benzene rings is 3. The van der Waals surface area contributed by atoms with Gasteiger partial charge in [-0.05, 0) is 72.9 Å². The van der Waals surface area contributed by atoms with E-state index in [1.807, 2.05) is 77.7 Å². The van der Waals surface area contributed by atoms with E-state index in [0.717, 1.165) is 42.7 Å². The van der Waals surface area contributed by atoms with E-state index in [0.29, 0.717) is 22.9 Å². The monoisotopic (exact) mass is 472 g/mol. The predicted octanol–water partition coefficient (Wildman–Crippen LogP) is 5.93. The molecule has 3 aromatic carbocycles. The molecule has 0 bridgehead atoms. The van der Waals surface area contributed by atoms with Crippen molar-refractivity contribution >= 4 is 35.2 Å². The highest BCUT2D eigenvalue weighted by Crippen LogP contribution is 2.36. The standard InChI is InChI=1S/C28H25ClN2O3/c29-23-14-10-21(11-15-23)19-31-24-6-2-3-7-25(24)34-26(28(31)33)18-20-8-12-22(13-9-20)27(32)30-16-4-1-5-17-30/h2-3,6-15,18H,1,4-5,16-17,19H2. The number of para-hydroxylation sites is 2. The third kappa shape index (κ3) is 4.70. The molecule has 0 unspecified atom stereocenters. The maximum Gasteiger partial charge on any atom is 0.294 e. The highest BCUT2D eigenvalue weighted by Gasteiger charge is 2.30. The van der Waals surface area contributed by atoms with Crippen LogP contribution in [-0.4, -0.2) is 29.8 Å². The molecule has 1 fully saturated rings. The second kappa shape index (κ2) is 9.74. The van der Waals surface area contributed by atoms with E-state index >= 15 is 0 Å². The van der Waals surface area contributed by atoms with Gasteiger partial charge in [-0.3, -0.25) is 14.5 Å². The molecule has 2 aliphatic rings. The van der Waals surface area contributed by atoms with Gasteiger partial charge in [0.15, 0.2) is 11.5 Å². The van der Waals surface area contributed by atoms with Gasteiger partial charge in [0, 0.05) is 23.7 Å². The topological polar surface area (TPSA) is 49.9 Å². The number of nitrogens with zero attached hydrogens (tertiary/aromatic N) is 2. The lowest BCUT2D eigenvalue weighted by Gasteiger charge is -2.30. The summed E-state index contributed by atoms with van der Waals surface area (Å²) in [6.07, 6.45) is 5.03. The van der Waals surface area contributed by atoms with Gasteiger partial charge in [0.05, 0.1) is 12.2 Å². The van der Waals surface area contributed by atoms with Crippen molar-refractivity contribution < 1.29 is 14.3 Å². The van der Waals surface area contributed by atoms with Gasteiger partial charge < -0.3 is 9.64 Å². The van der Waals surface area contributed by atoms with Gasteiger partial charge in [0.2, 0.25) is 0 Å². The van der Waals surface area contributed by atoms with Crippen molar-refractivity contribution in [3.63, 3.8) is 0 Å². The van der Waals surface area contributed by atoms with Crippen molar-refractivity contribution in [3.05, 3.63) is 100 Å². The zero-order chi connectivity index (χ0) is 23.5. The Balaban J connectivity index is 1.39. The lowest BCUT2D eigenvalue weighted by atomic mass is 10.1. The average Bonchev–Trinajstić information content (AvgIpc) is 2.88. The first-order chi connectivity index (χ1) is 16.6. The Bertz CT molecular complexity index is 1230. The molecule has 2 amide bonds. The Morgan fingerprint density at radius 3 is 2.35 bits per heavy atom. The van der Waals surface area contributed by atoms with Gasteiger partial charge in [-0.1, -0.05) is 48.0 Å². The number of carbonyl (C=O) groups excluding carboxylic acids is 2. The molecule has 5 nitrogen and oxygen atoms in total. The van der Waals surface area contributed by atoms with Gasteiger partial charge in [-0.15, -0.1) is 0 Å². The van der Waals surface area contributed by atoms with E-state index in [1.165, 1.54) is 6.42 Å². The van der Waals surface area contributed by atoms with E-state index in [2.05, 4.69) is 0 Å². The van der Waals surface area contributed by atoms with E-state index in [1.54, 1.807) is 11.0 Å². The first-order valence-electron chi connectivity index (χ1n) is 11.5. The molecule has 0 radical (unpaired) electrons. The molecular weight excluding hydrogens is 448 g/mol. The summed E-state index contributed by atoms with van der Waals surface area (Å²) in [5, 5.41) is 0.653. The van der Waals surface area contributed by atoms with Crippen LogP contribution < -0.4 is 9.64 Å². The summed E-state index contributed by atoms with van der Waals surface area (Å²) in [5.41, 5.74) is 3.15. The van der Waals surface area contributed by atoms with Crippen molar-refractivity contribution in [2.24, 2.45) is 0 Å². The second-order valence-corrected chi connectivity index (χ2v) is 9.01. The molecule has 0 atom stereocenters. The quantitative estimate of drug-likeness (QED) is 0.442. The fraction of sp³-hybridized carbons (Fsp3) is 0.214. The van der Waals surface area contributed by atoms with Gasteiger partial charge >= 0.3 is 0 Å². The third-order valence-corrected chi connectivity index (χ3v) is 6.44. The van der Waals surface area contributed by atoms with Crippen molar-refractivity contribution in [1.29, 1.82) is 0 Å². The van der Waals surface area contributed by atoms with Crippen LogP contribution in [0.15, 0.2) is 78.6 Å². The molecule has 2 heterocycles. The van der Waals surface area contributed by atoms with Crippen LogP contribution in [0.4, 0.5) is 5.69 Å². The third-order valence-electron chi connectivity index (χ3n) is 6.18. The van der Waals surface area contributed by atoms with E-state index < -0.39 is 0 Å². The van der Waals surface area contributed by atoms with Crippen LogP contribution >= 0.6 is 11.6 Å². The van der Waals surface area contributed by atoms with Gasteiger partial charge in [-0.2, -0.15) is 0 Å². The molecule has 0 spiro atoms. The summed E-state index contributed by atoms with van der Waals surface area (Å²) in [6.45, 7) is 2.03. The normalized spacial score (nSPS) is 16.9. The first-order valence-corrected chi connectivity index (χ1v) is 11.9. The Labute approximate surface area is 204 Å². The molecule has 34 heavy (non-hydrogen) atoms. The van der Waals surface area contributed by atoms with Crippen LogP contribution in [0.2, 0.25) is 5.02 Å². The fourth-order valence-electron chi connectivity index (χ4n) is 4.34. The number of anilines is 1. The van der Waals surface area contributed by atoms with E-state index in [4.69, 9.17) is 16.3 Å². The van der Waals surface area contributed by atoms with Crippen molar-refractivity contribution in [3.8, 4) is 5.75 Å². The lowest BCUT2D eigenvalue weighted by Crippen LogP contribution is -2.36. The summed E-state index contributed by atoms with van der Waals surface area (Å²) in [7, 11) is 0. The van der Waals surface area contributed by atoms with Gasteiger partial charge in [0.25, 0.3) is 11.8 Å². The zero-order valence-electron chi connectivity index (χ0n) is 18.7. The minimum atomic E-state index is -0.220. The molecule has 1 saturated heterocycles. The number of rotatable bonds is 4. The van der Waals surface area contributed by atoms with Crippen LogP contribution in [0.25, 0.3) is 6.08 Å². The molecule has 2 aliphatic heterocycles. The largest absolute Gasteiger partial charge is 0.449 e. The summed E-state index contributed by atoms with van der Waals surface area (Å²) in [5.74, 6) is 0.705. The molecule has 3 aromatic rings. The molecule has 0 aromatic heterocycles. The van der Waals surface area contributed by atoms with Gasteiger partial charge in [0.1, 0.15) is 0 Å². The second-order valence-electron chi connectivity index (χ2n) is 8.57. The van der Waals surface area contributed by atoms with Gasteiger partial charge in [-0.25, -0.2) is 0 Å². The summed E-state index contributed by atoms with van der Waals surface area (Å²) < 4.78 is 5.98. The van der Waals surface area contributed by atoms with Crippen LogP contribution in [0.1, 0.15) is 40.7 Å². The number of hydrogen-bond acceptors (Lipinski definition) is 3. The molecule has 0 saturated carbocycles. The average molecular weight is 473 g/mol. The zero-order valence-corrected chi connectivity index (χ0v) is 19.5. The SMILES string of the molecule is O=C(c1ccc(C=C2Oc3ccccc3N(Cc3ccc(Cl)cc3)C2=O)cc1)N1CCCCC1. The van der Waals surface area contributed by atoms with E-state index in [9.17, 15) is 9.59 Å². The Morgan fingerprint density at radius 2 is 1.62 bits per heavy atom. The minimum absolute atomic E-state index is 0.0620. The number of hydrogen-bond donors (Lipinski definition) is 0. The van der Waals surface area contributed by atoms with E-state index in [-0.39, 0.29) is 17.6 Å². The summed E-state index contributed by atoms with van der Waals surface area (Å²) in [4.78, 5) is 29.8. The number of amides is 2. The number of carbonyl (C=O) groups is 2. The highest BCUT2D eigenvalue weighted by molar-refractivity contribution is 6.30. The first kappa shape index (κ1) is 22.2. The molecule has 6 heteroatoms. The van der Waals surface area contributed by atoms with Crippen molar-refractivity contribution in [2.45, 2.75) is 25.8 Å². The molecular formula is C28H25ClN2O3. The molecule has 172 valence electrons. The number of fused-ring (bicyclic) bond motifs is 1. The van der Waals surface area contributed by atoms with Crippen LogP contribution in [0, 0.1) is 0 Å². The van der Waals surface area contributed by atoms with Crippen LogP contribution in [0.3, 0.4) is 0 Å². The minimum Gasteiger partial charge on any atom is -0.449 e. The molecule has 0 N–H and O–H groups in total. The Kier molecular flexibility index (Phi) is 6.37. The summed E-state index contributed by atoms with van der Waals surface area (Å²) >= 11 is 6.02. The maximum atomic E-state index is 13.4. The fourth-order valence-corrected chi connectivity index (χ4v) is 4.47. The number of piperidine rings is 1. The van der Waals surface area contributed by atoms with Crippen molar-refractivity contribution in [1.82, 2.24) is 4.90 Å². The Hall–Kier alpha value is -3.57. The van der Waals surface area contributed by atoms with Crippen LogP contribution in [0.5, 0.6) is 5.75 Å². The summed E-state index contributed by atoms with van der Waals surface area (Å²) in [6, 6.07) is 22.3. The predicted molar refractivity (Wildman–Crippen MR) is 134 cm³/mol. The number of ether oxygens (including phenoxy) is 1. The lowest BCUT2D eigenvalue weighted by molar-refractivity contribution is -0.117. The number of likely N-dealkylation sites (tertiary alicyclic amines) is 1. The highest BCUT2D eigenvalue weighted by atomic mass is 35.5. The molecule has 5 rings (SSSR count). The Morgan fingerprint density at radius 1 is 0.912 bits per heavy atom. The van der Waals surface area contributed by atoms with Crippen molar-refractivity contribution in [2.75, 3.05) is 18.0 Å². The maximum absolute atomic E-state index is 13.4. The smallest absolute Gasteiger partial charge is 0.294 e. The number of halogens is 1.